The Hall–Kier alpha value is -2.24. The summed E-state index contributed by atoms with van der Waals surface area (Å²) in [5.74, 6) is 0.559. The molecule has 24 heavy (non-hydrogen) atoms. The molecule has 0 aliphatic heterocycles. The molecule has 128 valence electrons. The molecule has 0 fully saturated rings. The number of carbonyl (C=O) groups excluding carboxylic acids is 1. The first-order chi connectivity index (χ1) is 11.7. The summed E-state index contributed by atoms with van der Waals surface area (Å²) in [6, 6.07) is 14.8. The van der Waals surface area contributed by atoms with Gasteiger partial charge in [-0.05, 0) is 30.2 Å². The van der Waals surface area contributed by atoms with Crippen LogP contribution in [-0.4, -0.2) is 32.9 Å². The fraction of sp³-hybridized carbons (Fsp3) is 0.278. The minimum absolute atomic E-state index is 0.268. The molecular formula is C18H21ClN2O3. The van der Waals surface area contributed by atoms with E-state index in [4.69, 9.17) is 21.1 Å². The Kier molecular flexibility index (Phi) is 7.39. The van der Waals surface area contributed by atoms with Crippen molar-refractivity contribution in [2.24, 2.45) is 0 Å². The highest BCUT2D eigenvalue weighted by Crippen LogP contribution is 2.27. The summed E-state index contributed by atoms with van der Waals surface area (Å²) in [7, 11) is 1.61. The number of anilines is 1. The Labute approximate surface area is 146 Å². The Morgan fingerprint density at radius 3 is 2.62 bits per heavy atom. The first-order valence-corrected chi connectivity index (χ1v) is 8.07. The molecule has 5 nitrogen and oxygen atoms in total. The predicted octanol–water partition coefficient (Wildman–Crippen LogP) is 3.73. The lowest BCUT2D eigenvalue weighted by Crippen LogP contribution is -2.30. The number of hydrogen-bond acceptors (Lipinski definition) is 3. The number of halogens is 1. The van der Waals surface area contributed by atoms with Crippen molar-refractivity contribution < 1.29 is 14.3 Å². The van der Waals surface area contributed by atoms with Gasteiger partial charge in [-0.25, -0.2) is 4.79 Å². The number of benzene rings is 2. The maximum absolute atomic E-state index is 11.9. The van der Waals surface area contributed by atoms with Crippen molar-refractivity contribution in [3.05, 3.63) is 59.1 Å². The SMILES string of the molecule is COCCOc1ccc(NC(=O)NCCc2ccccc2)cc1Cl. The van der Waals surface area contributed by atoms with E-state index in [9.17, 15) is 4.79 Å². The van der Waals surface area contributed by atoms with E-state index in [0.29, 0.717) is 36.2 Å². The third kappa shape index (κ3) is 6.10. The van der Waals surface area contributed by atoms with Crippen molar-refractivity contribution >= 4 is 23.3 Å². The zero-order chi connectivity index (χ0) is 17.2. The number of amides is 2. The summed E-state index contributed by atoms with van der Waals surface area (Å²) in [5, 5.41) is 6.00. The number of nitrogens with one attached hydrogen (secondary N) is 2. The second-order valence-corrected chi connectivity index (χ2v) is 5.51. The number of methoxy groups -OCH3 is 1. The van der Waals surface area contributed by atoms with E-state index in [-0.39, 0.29) is 6.03 Å². The van der Waals surface area contributed by atoms with Crippen LogP contribution in [0, 0.1) is 0 Å². The van der Waals surface area contributed by atoms with Crippen LogP contribution in [0.2, 0.25) is 5.02 Å². The predicted molar refractivity (Wildman–Crippen MR) is 96.0 cm³/mol. The topological polar surface area (TPSA) is 59.6 Å². The molecule has 2 aromatic carbocycles. The Morgan fingerprint density at radius 2 is 1.92 bits per heavy atom. The number of ether oxygens (including phenoxy) is 2. The summed E-state index contributed by atoms with van der Waals surface area (Å²) in [6.45, 7) is 1.46. The molecule has 0 aliphatic rings. The van der Waals surface area contributed by atoms with Crippen LogP contribution in [-0.2, 0) is 11.2 Å². The Morgan fingerprint density at radius 1 is 1.12 bits per heavy atom. The van der Waals surface area contributed by atoms with E-state index in [1.807, 2.05) is 30.3 Å². The smallest absolute Gasteiger partial charge is 0.319 e. The van der Waals surface area contributed by atoms with Crippen LogP contribution in [0.15, 0.2) is 48.5 Å². The highest BCUT2D eigenvalue weighted by Gasteiger charge is 2.06. The second kappa shape index (κ2) is 9.80. The van der Waals surface area contributed by atoms with E-state index >= 15 is 0 Å². The van der Waals surface area contributed by atoms with Crippen LogP contribution in [0.5, 0.6) is 5.75 Å². The number of urea groups is 1. The lowest BCUT2D eigenvalue weighted by molar-refractivity contribution is 0.146. The lowest BCUT2D eigenvalue weighted by atomic mass is 10.1. The summed E-state index contributed by atoms with van der Waals surface area (Å²) in [4.78, 5) is 11.9. The average Bonchev–Trinajstić information content (AvgIpc) is 2.58. The number of hydrogen-bond donors (Lipinski definition) is 2. The van der Waals surface area contributed by atoms with Crippen LogP contribution in [0.1, 0.15) is 5.56 Å². The number of carbonyl (C=O) groups is 1. The van der Waals surface area contributed by atoms with Gasteiger partial charge in [-0.15, -0.1) is 0 Å². The van der Waals surface area contributed by atoms with Gasteiger partial charge in [0.15, 0.2) is 0 Å². The van der Waals surface area contributed by atoms with Crippen LogP contribution in [0.3, 0.4) is 0 Å². The molecule has 2 N–H and O–H groups in total. The molecule has 2 amide bonds. The van der Waals surface area contributed by atoms with Crippen molar-refractivity contribution in [3.63, 3.8) is 0 Å². The van der Waals surface area contributed by atoms with Gasteiger partial charge in [0.2, 0.25) is 0 Å². The van der Waals surface area contributed by atoms with Gasteiger partial charge in [-0.2, -0.15) is 0 Å². The molecule has 0 unspecified atom stereocenters. The molecule has 0 saturated heterocycles. The highest BCUT2D eigenvalue weighted by atomic mass is 35.5. The van der Waals surface area contributed by atoms with Gasteiger partial charge in [0.05, 0.1) is 11.6 Å². The van der Waals surface area contributed by atoms with Crippen molar-refractivity contribution in [2.45, 2.75) is 6.42 Å². The van der Waals surface area contributed by atoms with Crippen molar-refractivity contribution in [1.82, 2.24) is 5.32 Å². The van der Waals surface area contributed by atoms with Gasteiger partial charge in [-0.1, -0.05) is 41.9 Å². The monoisotopic (exact) mass is 348 g/mol. The summed E-state index contributed by atoms with van der Waals surface area (Å²) < 4.78 is 10.4. The highest BCUT2D eigenvalue weighted by molar-refractivity contribution is 6.32. The molecule has 0 aromatic heterocycles. The molecule has 0 aliphatic carbocycles. The van der Waals surface area contributed by atoms with Crippen LogP contribution >= 0.6 is 11.6 Å². The molecule has 0 atom stereocenters. The van der Waals surface area contributed by atoms with E-state index in [2.05, 4.69) is 10.6 Å². The van der Waals surface area contributed by atoms with E-state index in [1.165, 1.54) is 5.56 Å². The van der Waals surface area contributed by atoms with Crippen LogP contribution in [0.25, 0.3) is 0 Å². The van der Waals surface area contributed by atoms with Crippen LogP contribution in [0.4, 0.5) is 10.5 Å². The maximum atomic E-state index is 11.9. The minimum atomic E-state index is -0.268. The zero-order valence-electron chi connectivity index (χ0n) is 13.5. The normalized spacial score (nSPS) is 10.2. The van der Waals surface area contributed by atoms with Crippen molar-refractivity contribution in [3.8, 4) is 5.75 Å². The average molecular weight is 349 g/mol. The van der Waals surface area contributed by atoms with E-state index in [0.717, 1.165) is 6.42 Å². The molecule has 2 rings (SSSR count). The quantitative estimate of drug-likeness (QED) is 0.715. The first kappa shape index (κ1) is 18.1. The van der Waals surface area contributed by atoms with Gasteiger partial charge >= 0.3 is 6.03 Å². The molecule has 0 saturated carbocycles. The third-order valence-corrected chi connectivity index (χ3v) is 3.57. The minimum Gasteiger partial charge on any atom is -0.490 e. The van der Waals surface area contributed by atoms with Gasteiger partial charge < -0.3 is 20.1 Å². The Balaban J connectivity index is 1.77. The maximum Gasteiger partial charge on any atom is 0.319 e. The molecular weight excluding hydrogens is 328 g/mol. The third-order valence-electron chi connectivity index (χ3n) is 3.28. The fourth-order valence-electron chi connectivity index (χ4n) is 2.07. The molecule has 0 heterocycles. The van der Waals surface area contributed by atoms with Crippen LogP contribution < -0.4 is 15.4 Å². The van der Waals surface area contributed by atoms with Gasteiger partial charge in [0.1, 0.15) is 12.4 Å². The molecule has 0 bridgehead atoms. The zero-order valence-corrected chi connectivity index (χ0v) is 14.3. The van der Waals surface area contributed by atoms with Gasteiger partial charge in [0.25, 0.3) is 0 Å². The molecule has 6 heteroatoms. The number of rotatable bonds is 8. The summed E-state index contributed by atoms with van der Waals surface area (Å²) in [5.41, 5.74) is 1.79. The van der Waals surface area contributed by atoms with E-state index < -0.39 is 0 Å². The second-order valence-electron chi connectivity index (χ2n) is 5.10. The fourth-order valence-corrected chi connectivity index (χ4v) is 2.31. The van der Waals surface area contributed by atoms with Gasteiger partial charge in [0, 0.05) is 19.3 Å². The van der Waals surface area contributed by atoms with Crippen molar-refractivity contribution in [1.29, 1.82) is 0 Å². The summed E-state index contributed by atoms with van der Waals surface area (Å²) in [6.07, 6.45) is 0.779. The van der Waals surface area contributed by atoms with Crippen molar-refractivity contribution in [2.75, 3.05) is 32.2 Å². The lowest BCUT2D eigenvalue weighted by Gasteiger charge is -2.11. The summed E-state index contributed by atoms with van der Waals surface area (Å²) >= 11 is 6.14. The largest absolute Gasteiger partial charge is 0.490 e. The molecule has 0 radical (unpaired) electrons. The Bertz CT molecular complexity index is 650. The first-order valence-electron chi connectivity index (χ1n) is 7.69. The van der Waals surface area contributed by atoms with Gasteiger partial charge in [-0.3, -0.25) is 0 Å². The molecule has 0 spiro atoms. The standard InChI is InChI=1S/C18H21ClN2O3/c1-23-11-12-24-17-8-7-15(13-16(17)19)21-18(22)20-10-9-14-5-3-2-4-6-14/h2-8,13H,9-12H2,1H3,(H2,20,21,22). The van der Waals surface area contributed by atoms with E-state index in [1.54, 1.807) is 25.3 Å². The molecule has 2 aromatic rings.